The molecule has 184 valence electrons. The summed E-state index contributed by atoms with van der Waals surface area (Å²) in [6, 6.07) is 2.06. The number of sulfonamides is 1. The number of hydrogen-bond donors (Lipinski definition) is 1. The quantitative estimate of drug-likeness (QED) is 0.700. The maximum absolute atomic E-state index is 13.4. The van der Waals surface area contributed by atoms with Gasteiger partial charge in [-0.15, -0.1) is 0 Å². The van der Waals surface area contributed by atoms with Gasteiger partial charge in [-0.05, 0) is 82.6 Å². The maximum atomic E-state index is 13.4. The van der Waals surface area contributed by atoms with Crippen molar-refractivity contribution >= 4 is 22.0 Å². The molecule has 8 nitrogen and oxygen atoms in total. The largest absolute Gasteiger partial charge is 0.450 e. The zero-order valence-electron chi connectivity index (χ0n) is 20.4. The van der Waals surface area contributed by atoms with Crippen LogP contribution in [0.2, 0.25) is 0 Å². The van der Waals surface area contributed by atoms with E-state index < -0.39 is 10.0 Å². The van der Waals surface area contributed by atoms with Crippen molar-refractivity contribution in [3.63, 3.8) is 0 Å². The highest BCUT2D eigenvalue weighted by Gasteiger charge is 2.35. The van der Waals surface area contributed by atoms with Gasteiger partial charge in [0.15, 0.2) is 0 Å². The summed E-state index contributed by atoms with van der Waals surface area (Å²) in [5.74, 6) is -0.207. The molecule has 2 heterocycles. The predicted molar refractivity (Wildman–Crippen MR) is 127 cm³/mol. The van der Waals surface area contributed by atoms with E-state index in [0.717, 1.165) is 22.3 Å². The third-order valence-corrected chi connectivity index (χ3v) is 9.26. The number of ether oxygens (including phenoxy) is 1. The highest BCUT2D eigenvalue weighted by atomic mass is 32.2. The molecule has 1 aromatic rings. The second-order valence-electron chi connectivity index (χ2n) is 9.24. The maximum Gasteiger partial charge on any atom is 0.409 e. The van der Waals surface area contributed by atoms with Crippen LogP contribution in [0.5, 0.6) is 0 Å². The van der Waals surface area contributed by atoms with Crippen LogP contribution in [0, 0.1) is 33.6 Å². The van der Waals surface area contributed by atoms with Crippen molar-refractivity contribution in [3.8, 4) is 0 Å². The lowest BCUT2D eigenvalue weighted by atomic mass is 9.96. The molecule has 2 aliphatic rings. The molecule has 2 amide bonds. The van der Waals surface area contributed by atoms with Gasteiger partial charge in [-0.2, -0.15) is 4.31 Å². The van der Waals surface area contributed by atoms with E-state index in [9.17, 15) is 18.0 Å². The fourth-order valence-electron chi connectivity index (χ4n) is 4.80. The van der Waals surface area contributed by atoms with E-state index in [0.29, 0.717) is 63.4 Å². The van der Waals surface area contributed by atoms with Gasteiger partial charge in [-0.25, -0.2) is 13.2 Å². The molecule has 0 spiro atoms. The fourth-order valence-corrected chi connectivity index (χ4v) is 6.84. The smallest absolute Gasteiger partial charge is 0.409 e. The molecule has 0 unspecified atom stereocenters. The van der Waals surface area contributed by atoms with Gasteiger partial charge >= 0.3 is 6.09 Å². The molecule has 0 bridgehead atoms. The van der Waals surface area contributed by atoms with E-state index in [1.165, 1.54) is 4.31 Å². The minimum atomic E-state index is -3.61. The normalized spacial score (nSPS) is 18.9. The number of hydrogen-bond acceptors (Lipinski definition) is 5. The van der Waals surface area contributed by atoms with Crippen molar-refractivity contribution in [1.29, 1.82) is 0 Å². The van der Waals surface area contributed by atoms with Crippen molar-refractivity contribution in [3.05, 3.63) is 28.3 Å². The molecule has 1 aromatic carbocycles. The number of rotatable bonds is 5. The van der Waals surface area contributed by atoms with Crippen LogP contribution in [0.15, 0.2) is 11.0 Å². The van der Waals surface area contributed by atoms with Gasteiger partial charge in [0, 0.05) is 38.1 Å². The van der Waals surface area contributed by atoms with Crippen LogP contribution in [0.25, 0.3) is 0 Å². The molecule has 1 N–H and O–H groups in total. The second kappa shape index (κ2) is 10.4. The molecule has 3 rings (SSSR count). The summed E-state index contributed by atoms with van der Waals surface area (Å²) in [7, 11) is -3.61. The van der Waals surface area contributed by atoms with Crippen LogP contribution in [0.1, 0.15) is 54.9 Å². The van der Waals surface area contributed by atoms with Gasteiger partial charge in [0.05, 0.1) is 11.5 Å². The number of benzene rings is 1. The number of likely N-dealkylation sites (tertiary alicyclic amines) is 1. The molecule has 0 saturated carbocycles. The van der Waals surface area contributed by atoms with Crippen molar-refractivity contribution in [2.75, 3.05) is 32.8 Å². The van der Waals surface area contributed by atoms with Gasteiger partial charge in [0.25, 0.3) is 0 Å². The summed E-state index contributed by atoms with van der Waals surface area (Å²) in [6.45, 7) is 11.6. The van der Waals surface area contributed by atoms with E-state index in [4.69, 9.17) is 4.74 Å². The summed E-state index contributed by atoms with van der Waals surface area (Å²) in [5, 5.41) is 3.11. The van der Waals surface area contributed by atoms with Crippen LogP contribution >= 0.6 is 0 Å². The number of nitrogens with zero attached hydrogens (tertiary/aromatic N) is 2. The highest BCUT2D eigenvalue weighted by molar-refractivity contribution is 7.89. The molecule has 0 aliphatic carbocycles. The van der Waals surface area contributed by atoms with Gasteiger partial charge in [-0.1, -0.05) is 6.07 Å². The predicted octanol–water partition coefficient (Wildman–Crippen LogP) is 3.06. The fraction of sp³-hybridized carbons (Fsp3) is 0.667. The average Bonchev–Trinajstić information content (AvgIpc) is 2.78. The Balaban J connectivity index is 1.56. The third kappa shape index (κ3) is 5.51. The molecule has 2 saturated heterocycles. The molecule has 2 aliphatic heterocycles. The van der Waals surface area contributed by atoms with Gasteiger partial charge in [0.2, 0.25) is 15.9 Å². The zero-order chi connectivity index (χ0) is 24.3. The third-order valence-electron chi connectivity index (χ3n) is 7.09. The number of carbonyl (C=O) groups excluding carboxylic acids is 2. The van der Waals surface area contributed by atoms with Gasteiger partial charge in [-0.3, -0.25) is 4.79 Å². The Labute approximate surface area is 197 Å². The first kappa shape index (κ1) is 25.5. The molecule has 0 radical (unpaired) electrons. The molecular formula is C24H37N3O5S. The van der Waals surface area contributed by atoms with Gasteiger partial charge < -0.3 is 15.0 Å². The molecule has 33 heavy (non-hydrogen) atoms. The minimum Gasteiger partial charge on any atom is -0.450 e. The first-order valence-corrected chi connectivity index (χ1v) is 13.3. The topological polar surface area (TPSA) is 96.0 Å². The Morgan fingerprint density at radius 2 is 1.52 bits per heavy atom. The first-order chi connectivity index (χ1) is 15.6. The molecule has 2 fully saturated rings. The van der Waals surface area contributed by atoms with Crippen LogP contribution < -0.4 is 5.32 Å². The Morgan fingerprint density at radius 3 is 2.03 bits per heavy atom. The van der Waals surface area contributed by atoms with Crippen molar-refractivity contribution in [2.24, 2.45) is 5.92 Å². The lowest BCUT2D eigenvalue weighted by Crippen LogP contribution is -2.49. The summed E-state index contributed by atoms with van der Waals surface area (Å²) >= 11 is 0. The van der Waals surface area contributed by atoms with Crippen LogP contribution in [0.4, 0.5) is 4.79 Å². The van der Waals surface area contributed by atoms with Crippen LogP contribution in [-0.2, 0) is 19.6 Å². The Morgan fingerprint density at radius 1 is 0.970 bits per heavy atom. The van der Waals surface area contributed by atoms with Crippen LogP contribution in [-0.4, -0.2) is 68.5 Å². The lowest BCUT2D eigenvalue weighted by molar-refractivity contribution is -0.127. The van der Waals surface area contributed by atoms with E-state index in [2.05, 4.69) is 5.32 Å². The average molecular weight is 480 g/mol. The summed E-state index contributed by atoms with van der Waals surface area (Å²) < 4.78 is 33.5. The monoisotopic (exact) mass is 479 g/mol. The summed E-state index contributed by atoms with van der Waals surface area (Å²) in [4.78, 5) is 26.7. The van der Waals surface area contributed by atoms with Crippen molar-refractivity contribution in [2.45, 2.75) is 71.2 Å². The van der Waals surface area contributed by atoms with Crippen LogP contribution in [0.3, 0.4) is 0 Å². The Hall–Kier alpha value is -2.13. The van der Waals surface area contributed by atoms with E-state index in [1.807, 2.05) is 33.8 Å². The number of carbonyl (C=O) groups is 2. The Kier molecular flexibility index (Phi) is 8.05. The SMILES string of the molecule is CCOC(=O)N1CCC(NC(=O)C2CCN(S(=O)(=O)c3c(C)c(C)cc(C)c3C)CC2)CC1. The Bertz CT molecular complexity index is 966. The number of piperidine rings is 2. The standard InChI is InChI=1S/C24H37N3O5S/c1-6-32-24(29)26-11-9-21(10-12-26)25-23(28)20-7-13-27(14-8-20)33(30,31)22-18(4)16(2)15-17(3)19(22)5/h15,20-21H,6-14H2,1-5H3,(H,25,28). The van der Waals surface area contributed by atoms with Gasteiger partial charge in [0.1, 0.15) is 0 Å². The van der Waals surface area contributed by atoms with E-state index >= 15 is 0 Å². The summed E-state index contributed by atoms with van der Waals surface area (Å²) in [6.07, 6.45) is 2.11. The number of nitrogens with one attached hydrogen (secondary N) is 1. The van der Waals surface area contributed by atoms with E-state index in [-0.39, 0.29) is 24.0 Å². The molecule has 0 aromatic heterocycles. The number of aryl methyl sites for hydroxylation is 2. The lowest BCUT2D eigenvalue weighted by Gasteiger charge is -2.34. The first-order valence-electron chi connectivity index (χ1n) is 11.9. The number of amides is 2. The summed E-state index contributed by atoms with van der Waals surface area (Å²) in [5.41, 5.74) is 3.54. The second-order valence-corrected chi connectivity index (χ2v) is 11.1. The molecule has 9 heteroatoms. The zero-order valence-corrected chi connectivity index (χ0v) is 21.3. The van der Waals surface area contributed by atoms with E-state index in [1.54, 1.807) is 11.8 Å². The van der Waals surface area contributed by atoms with Crippen molar-refractivity contribution in [1.82, 2.24) is 14.5 Å². The molecule has 0 atom stereocenters. The molecular weight excluding hydrogens is 442 g/mol. The minimum absolute atomic E-state index is 0.0135. The highest BCUT2D eigenvalue weighted by Crippen LogP contribution is 2.31. The van der Waals surface area contributed by atoms with Crippen molar-refractivity contribution < 1.29 is 22.7 Å².